The lowest BCUT2D eigenvalue weighted by atomic mass is 10.0. The van der Waals surface area contributed by atoms with E-state index in [0.717, 1.165) is 24.2 Å². The highest BCUT2D eigenvalue weighted by Crippen LogP contribution is 2.34. The van der Waals surface area contributed by atoms with Crippen molar-refractivity contribution in [2.45, 2.75) is 45.7 Å². The fraction of sp³-hybridized carbons (Fsp3) is 0.600. The molecule has 2 N–H and O–H groups in total. The van der Waals surface area contributed by atoms with Crippen LogP contribution >= 0.6 is 0 Å². The number of hydrogen-bond acceptors (Lipinski definition) is 3. The zero-order valence-electron chi connectivity index (χ0n) is 12.2. The molecule has 0 spiro atoms. The quantitative estimate of drug-likeness (QED) is 0.841. The maximum atomic E-state index is 6.11. The molecule has 0 aliphatic rings. The molecule has 102 valence electrons. The zero-order valence-corrected chi connectivity index (χ0v) is 12.2. The zero-order chi connectivity index (χ0) is 13.7. The molecule has 1 aromatic carbocycles. The Morgan fingerprint density at radius 3 is 2.33 bits per heavy atom. The van der Waals surface area contributed by atoms with Gasteiger partial charge >= 0.3 is 0 Å². The van der Waals surface area contributed by atoms with Crippen molar-refractivity contribution < 1.29 is 4.74 Å². The average Bonchev–Trinajstić information content (AvgIpc) is 2.38. The summed E-state index contributed by atoms with van der Waals surface area (Å²) in [6, 6.07) is 6.63. The monoisotopic (exact) mass is 250 g/mol. The number of nitrogens with two attached hydrogens (primary N) is 1. The van der Waals surface area contributed by atoms with E-state index in [1.165, 1.54) is 5.69 Å². The normalized spacial score (nSPS) is 12.6. The van der Waals surface area contributed by atoms with E-state index in [2.05, 4.69) is 31.9 Å². The summed E-state index contributed by atoms with van der Waals surface area (Å²) in [6.45, 7) is 6.44. The molecule has 0 aliphatic heterocycles. The molecular formula is C15H26N2O. The maximum absolute atomic E-state index is 6.11. The molecule has 3 nitrogen and oxygen atoms in total. The molecule has 0 radical (unpaired) electrons. The third kappa shape index (κ3) is 2.96. The predicted molar refractivity (Wildman–Crippen MR) is 78.4 cm³/mol. The van der Waals surface area contributed by atoms with E-state index < -0.39 is 0 Å². The van der Waals surface area contributed by atoms with Crippen LogP contribution in [-0.2, 0) is 0 Å². The van der Waals surface area contributed by atoms with Crippen LogP contribution < -0.4 is 15.4 Å². The molecule has 1 rings (SSSR count). The highest BCUT2D eigenvalue weighted by atomic mass is 16.5. The minimum absolute atomic E-state index is 0.0343. The Morgan fingerprint density at radius 2 is 1.89 bits per heavy atom. The summed E-state index contributed by atoms with van der Waals surface area (Å²) in [5.41, 5.74) is 8.38. The number of nitrogens with zero attached hydrogens (tertiary/aromatic N) is 1. The van der Waals surface area contributed by atoms with Crippen LogP contribution in [0, 0.1) is 0 Å². The third-order valence-electron chi connectivity index (χ3n) is 3.59. The van der Waals surface area contributed by atoms with E-state index in [1.54, 1.807) is 7.11 Å². The van der Waals surface area contributed by atoms with E-state index in [9.17, 15) is 0 Å². The number of methoxy groups -OCH3 is 1. The van der Waals surface area contributed by atoms with Crippen LogP contribution in [0.1, 0.15) is 45.2 Å². The maximum Gasteiger partial charge on any atom is 0.125 e. The first kappa shape index (κ1) is 14.8. The fourth-order valence-corrected chi connectivity index (χ4v) is 2.51. The van der Waals surface area contributed by atoms with Gasteiger partial charge in [0.2, 0.25) is 0 Å². The van der Waals surface area contributed by atoms with Crippen LogP contribution in [0.25, 0.3) is 0 Å². The predicted octanol–water partition coefficient (Wildman–Crippen LogP) is 3.34. The summed E-state index contributed by atoms with van der Waals surface area (Å²) in [5.74, 6) is 0.875. The van der Waals surface area contributed by atoms with Crippen molar-refractivity contribution in [2.24, 2.45) is 5.73 Å². The summed E-state index contributed by atoms with van der Waals surface area (Å²) in [7, 11) is 3.83. The second-order valence-electron chi connectivity index (χ2n) is 4.76. The standard InChI is InChI=1S/C15H26N2O/c1-6-12(7-2)17(4)13-9-8-10-14(18-5)15(13)11(3)16/h8-12H,6-7,16H2,1-5H3/t11-/m0/s1. The lowest BCUT2D eigenvalue weighted by molar-refractivity contribution is 0.406. The minimum Gasteiger partial charge on any atom is -0.496 e. The van der Waals surface area contributed by atoms with Crippen molar-refractivity contribution in [1.82, 2.24) is 0 Å². The molecule has 0 heterocycles. The molecule has 0 saturated carbocycles. The van der Waals surface area contributed by atoms with Crippen molar-refractivity contribution in [3.63, 3.8) is 0 Å². The molecule has 1 atom stereocenters. The van der Waals surface area contributed by atoms with Gasteiger partial charge in [0.25, 0.3) is 0 Å². The van der Waals surface area contributed by atoms with E-state index in [-0.39, 0.29) is 6.04 Å². The van der Waals surface area contributed by atoms with Crippen LogP contribution in [0.15, 0.2) is 18.2 Å². The van der Waals surface area contributed by atoms with Crippen molar-refractivity contribution in [3.8, 4) is 5.75 Å². The van der Waals surface area contributed by atoms with Gasteiger partial charge in [-0.2, -0.15) is 0 Å². The average molecular weight is 250 g/mol. The molecular weight excluding hydrogens is 224 g/mol. The van der Waals surface area contributed by atoms with Crippen LogP contribution in [0.5, 0.6) is 5.75 Å². The second-order valence-corrected chi connectivity index (χ2v) is 4.76. The molecule has 18 heavy (non-hydrogen) atoms. The van der Waals surface area contributed by atoms with Gasteiger partial charge in [-0.1, -0.05) is 19.9 Å². The van der Waals surface area contributed by atoms with Crippen LogP contribution in [0.2, 0.25) is 0 Å². The molecule has 0 saturated heterocycles. The molecule has 1 aromatic rings. The Morgan fingerprint density at radius 1 is 1.28 bits per heavy atom. The first-order valence-electron chi connectivity index (χ1n) is 6.72. The smallest absolute Gasteiger partial charge is 0.125 e. The van der Waals surface area contributed by atoms with Crippen molar-refractivity contribution in [2.75, 3.05) is 19.1 Å². The summed E-state index contributed by atoms with van der Waals surface area (Å²) < 4.78 is 5.44. The Bertz CT molecular complexity index is 373. The van der Waals surface area contributed by atoms with Gasteiger partial charge in [-0.25, -0.2) is 0 Å². The van der Waals surface area contributed by atoms with Gasteiger partial charge in [0.05, 0.1) is 7.11 Å². The lowest BCUT2D eigenvalue weighted by Gasteiger charge is -2.31. The Kier molecular flexibility index (Phi) is 5.48. The molecule has 0 fully saturated rings. The summed E-state index contributed by atoms with van der Waals surface area (Å²) in [5, 5.41) is 0. The Hall–Kier alpha value is -1.22. The number of anilines is 1. The van der Waals surface area contributed by atoms with Crippen molar-refractivity contribution in [3.05, 3.63) is 23.8 Å². The molecule has 0 aromatic heterocycles. The third-order valence-corrected chi connectivity index (χ3v) is 3.59. The first-order chi connectivity index (χ1) is 8.56. The van der Waals surface area contributed by atoms with Gasteiger partial charge in [-0.15, -0.1) is 0 Å². The van der Waals surface area contributed by atoms with Gasteiger partial charge in [-0.05, 0) is 31.9 Å². The molecule has 0 unspecified atom stereocenters. The molecule has 0 bridgehead atoms. The summed E-state index contributed by atoms with van der Waals surface area (Å²) >= 11 is 0. The Labute approximate surface area is 111 Å². The van der Waals surface area contributed by atoms with E-state index in [0.29, 0.717) is 6.04 Å². The topological polar surface area (TPSA) is 38.5 Å². The number of ether oxygens (including phenoxy) is 1. The first-order valence-corrected chi connectivity index (χ1v) is 6.72. The highest BCUT2D eigenvalue weighted by molar-refractivity contribution is 5.60. The second kappa shape index (κ2) is 6.64. The summed E-state index contributed by atoms with van der Waals surface area (Å²) in [4.78, 5) is 2.32. The van der Waals surface area contributed by atoms with Crippen LogP contribution in [0.4, 0.5) is 5.69 Å². The van der Waals surface area contributed by atoms with E-state index >= 15 is 0 Å². The molecule has 3 heteroatoms. The van der Waals surface area contributed by atoms with Gasteiger partial charge in [0, 0.05) is 30.4 Å². The SMILES string of the molecule is CCC(CC)N(C)c1cccc(OC)c1[C@H](C)N. The van der Waals surface area contributed by atoms with E-state index in [1.807, 2.05) is 19.1 Å². The fourth-order valence-electron chi connectivity index (χ4n) is 2.51. The molecule has 0 amide bonds. The van der Waals surface area contributed by atoms with E-state index in [4.69, 9.17) is 10.5 Å². The molecule has 0 aliphatic carbocycles. The largest absolute Gasteiger partial charge is 0.496 e. The van der Waals surface area contributed by atoms with Gasteiger partial charge in [0.15, 0.2) is 0 Å². The number of hydrogen-bond donors (Lipinski definition) is 1. The lowest BCUT2D eigenvalue weighted by Crippen LogP contribution is -2.31. The van der Waals surface area contributed by atoms with Crippen LogP contribution in [-0.4, -0.2) is 20.2 Å². The number of benzene rings is 1. The van der Waals surface area contributed by atoms with Gasteiger partial charge in [0.1, 0.15) is 5.75 Å². The Balaban J connectivity index is 3.22. The van der Waals surface area contributed by atoms with Crippen molar-refractivity contribution >= 4 is 5.69 Å². The van der Waals surface area contributed by atoms with Gasteiger partial charge < -0.3 is 15.4 Å². The summed E-state index contributed by atoms with van der Waals surface area (Å²) in [6.07, 6.45) is 2.26. The van der Waals surface area contributed by atoms with Crippen molar-refractivity contribution in [1.29, 1.82) is 0 Å². The number of rotatable bonds is 6. The van der Waals surface area contributed by atoms with Crippen LogP contribution in [0.3, 0.4) is 0 Å². The minimum atomic E-state index is -0.0343. The highest BCUT2D eigenvalue weighted by Gasteiger charge is 2.19. The van der Waals surface area contributed by atoms with Gasteiger partial charge in [-0.3, -0.25) is 0 Å².